The quantitative estimate of drug-likeness (QED) is 0.278. The van der Waals surface area contributed by atoms with Crippen LogP contribution in [0.1, 0.15) is 26.3 Å². The number of ether oxygens (including phenoxy) is 4. The highest BCUT2D eigenvalue weighted by Crippen LogP contribution is 2.36. The molecule has 0 spiro atoms. The van der Waals surface area contributed by atoms with E-state index in [1.165, 1.54) is 0 Å². The van der Waals surface area contributed by atoms with Gasteiger partial charge in [0.15, 0.2) is 18.1 Å². The number of aromatic nitrogens is 1. The van der Waals surface area contributed by atoms with E-state index in [0.29, 0.717) is 28.4 Å². The lowest BCUT2D eigenvalue weighted by Gasteiger charge is -2.07. The van der Waals surface area contributed by atoms with E-state index in [-0.39, 0.29) is 23.9 Å². The second-order valence-corrected chi connectivity index (χ2v) is 8.12. The van der Waals surface area contributed by atoms with Crippen LogP contribution in [-0.2, 0) is 7.05 Å². The fraction of sp³-hybridized carbons (Fsp3) is 0.143. The van der Waals surface area contributed by atoms with E-state index < -0.39 is 0 Å². The Morgan fingerprint density at radius 3 is 2.40 bits per heavy atom. The van der Waals surface area contributed by atoms with E-state index >= 15 is 0 Å². The molecule has 5 rings (SSSR count). The van der Waals surface area contributed by atoms with Gasteiger partial charge in [-0.2, -0.15) is 0 Å². The first kappa shape index (κ1) is 22.3. The zero-order valence-corrected chi connectivity index (χ0v) is 19.5. The molecule has 0 saturated heterocycles. The molecule has 35 heavy (non-hydrogen) atoms. The predicted octanol–water partition coefficient (Wildman–Crippen LogP) is 5.07. The maximum Gasteiger partial charge on any atom is 0.231 e. The molecule has 0 N–H and O–H groups in total. The fourth-order valence-electron chi connectivity index (χ4n) is 4.05. The summed E-state index contributed by atoms with van der Waals surface area (Å²) in [5, 5.41) is 0.952. The SMILES string of the molecule is COc1ccc(C(=O)COc2ccc3c(c2)O/C(=C\c2cn(C)c4ccc(OC)cc24)C3=O)cc1. The lowest BCUT2D eigenvalue weighted by Crippen LogP contribution is -2.11. The molecule has 0 saturated carbocycles. The van der Waals surface area contributed by atoms with Gasteiger partial charge < -0.3 is 23.5 Å². The number of carbonyl (C=O) groups excluding carboxylic acids is 2. The number of Topliss-reactive ketones (excluding diaryl/α,β-unsaturated/α-hetero) is 2. The van der Waals surface area contributed by atoms with Crippen molar-refractivity contribution in [2.75, 3.05) is 20.8 Å². The number of benzene rings is 3. The van der Waals surface area contributed by atoms with Gasteiger partial charge in [0.25, 0.3) is 0 Å². The maximum atomic E-state index is 13.0. The van der Waals surface area contributed by atoms with Crippen molar-refractivity contribution in [1.29, 1.82) is 0 Å². The molecule has 1 aliphatic heterocycles. The molecule has 1 aromatic heterocycles. The number of hydrogen-bond donors (Lipinski definition) is 0. The van der Waals surface area contributed by atoms with Crippen molar-refractivity contribution in [1.82, 2.24) is 4.57 Å². The zero-order valence-electron chi connectivity index (χ0n) is 19.5. The summed E-state index contributed by atoms with van der Waals surface area (Å²) in [5.74, 6) is 2.09. The first-order chi connectivity index (χ1) is 17.0. The van der Waals surface area contributed by atoms with Crippen molar-refractivity contribution in [3.05, 3.63) is 89.3 Å². The van der Waals surface area contributed by atoms with Gasteiger partial charge in [0, 0.05) is 41.3 Å². The molecule has 0 radical (unpaired) electrons. The third kappa shape index (κ3) is 4.24. The Bertz CT molecular complexity index is 1480. The number of rotatable bonds is 7. The van der Waals surface area contributed by atoms with Gasteiger partial charge >= 0.3 is 0 Å². The van der Waals surface area contributed by atoms with Crippen LogP contribution in [0.4, 0.5) is 0 Å². The van der Waals surface area contributed by atoms with Crippen LogP contribution in [0.3, 0.4) is 0 Å². The number of nitrogens with zero attached hydrogens (tertiary/aromatic N) is 1. The number of hydrogen-bond acceptors (Lipinski definition) is 6. The average molecular weight is 469 g/mol. The summed E-state index contributed by atoms with van der Waals surface area (Å²) in [6.07, 6.45) is 3.67. The van der Waals surface area contributed by atoms with Crippen molar-refractivity contribution in [3.8, 4) is 23.0 Å². The Balaban J connectivity index is 1.34. The van der Waals surface area contributed by atoms with Crippen LogP contribution in [0, 0.1) is 0 Å². The van der Waals surface area contributed by atoms with Crippen molar-refractivity contribution < 1.29 is 28.5 Å². The largest absolute Gasteiger partial charge is 0.497 e. The molecule has 3 aromatic carbocycles. The van der Waals surface area contributed by atoms with Crippen LogP contribution in [-0.4, -0.2) is 37.0 Å². The molecule has 0 bridgehead atoms. The third-order valence-corrected chi connectivity index (χ3v) is 5.94. The molecule has 7 nitrogen and oxygen atoms in total. The Hall–Kier alpha value is -4.52. The van der Waals surface area contributed by atoms with Gasteiger partial charge in [-0.15, -0.1) is 0 Å². The van der Waals surface area contributed by atoms with Crippen LogP contribution >= 0.6 is 0 Å². The second-order valence-electron chi connectivity index (χ2n) is 8.12. The van der Waals surface area contributed by atoms with Crippen molar-refractivity contribution >= 4 is 28.5 Å². The van der Waals surface area contributed by atoms with Gasteiger partial charge in [-0.25, -0.2) is 0 Å². The number of methoxy groups -OCH3 is 2. The second kappa shape index (κ2) is 9.02. The molecule has 176 valence electrons. The molecule has 0 atom stereocenters. The summed E-state index contributed by atoms with van der Waals surface area (Å²) in [6.45, 7) is -0.139. The van der Waals surface area contributed by atoms with E-state index in [1.54, 1.807) is 62.8 Å². The lowest BCUT2D eigenvalue weighted by atomic mass is 10.1. The molecule has 0 aliphatic carbocycles. The molecule has 0 fully saturated rings. The Morgan fingerprint density at radius 1 is 0.943 bits per heavy atom. The molecule has 7 heteroatoms. The molecule has 4 aromatic rings. The highest BCUT2D eigenvalue weighted by atomic mass is 16.5. The summed E-state index contributed by atoms with van der Waals surface area (Å²) in [5.41, 5.74) is 2.83. The Morgan fingerprint density at radius 2 is 1.66 bits per heavy atom. The van der Waals surface area contributed by atoms with Crippen molar-refractivity contribution in [2.24, 2.45) is 7.05 Å². The molecule has 1 aliphatic rings. The van der Waals surface area contributed by atoms with Crippen LogP contribution in [0.5, 0.6) is 23.0 Å². The zero-order chi connectivity index (χ0) is 24.5. The highest BCUT2D eigenvalue weighted by Gasteiger charge is 2.28. The Labute approximate surface area is 202 Å². The Kier molecular flexibility index (Phi) is 5.74. The molecule has 0 unspecified atom stereocenters. The van der Waals surface area contributed by atoms with Gasteiger partial charge in [-0.05, 0) is 60.7 Å². The molecule has 2 heterocycles. The smallest absolute Gasteiger partial charge is 0.231 e. The van der Waals surface area contributed by atoms with Crippen molar-refractivity contribution in [3.63, 3.8) is 0 Å². The molecular formula is C28H23NO6. The van der Waals surface area contributed by atoms with E-state index in [2.05, 4.69) is 0 Å². The number of allylic oxidation sites excluding steroid dienone is 1. The van der Waals surface area contributed by atoms with Crippen LogP contribution < -0.4 is 18.9 Å². The minimum Gasteiger partial charge on any atom is -0.497 e. The summed E-state index contributed by atoms with van der Waals surface area (Å²) in [7, 11) is 5.13. The summed E-state index contributed by atoms with van der Waals surface area (Å²) < 4.78 is 24.0. The monoisotopic (exact) mass is 469 g/mol. The lowest BCUT2D eigenvalue weighted by molar-refractivity contribution is 0.0920. The number of carbonyl (C=O) groups is 2. The van der Waals surface area contributed by atoms with Gasteiger partial charge in [0.1, 0.15) is 23.0 Å². The van der Waals surface area contributed by atoms with E-state index in [0.717, 1.165) is 22.2 Å². The summed E-state index contributed by atoms with van der Waals surface area (Å²) in [4.78, 5) is 25.4. The maximum absolute atomic E-state index is 13.0. The third-order valence-electron chi connectivity index (χ3n) is 5.94. The van der Waals surface area contributed by atoms with Crippen molar-refractivity contribution in [2.45, 2.75) is 0 Å². The van der Waals surface area contributed by atoms with Gasteiger partial charge in [-0.3, -0.25) is 9.59 Å². The average Bonchev–Trinajstić information content (AvgIpc) is 3.37. The minimum atomic E-state index is -0.208. The normalized spacial score (nSPS) is 13.6. The molecular weight excluding hydrogens is 446 g/mol. The fourth-order valence-corrected chi connectivity index (χ4v) is 4.05. The van der Waals surface area contributed by atoms with E-state index in [4.69, 9.17) is 18.9 Å². The van der Waals surface area contributed by atoms with E-state index in [1.807, 2.05) is 36.0 Å². The number of fused-ring (bicyclic) bond motifs is 2. The first-order valence-electron chi connectivity index (χ1n) is 11.0. The minimum absolute atomic E-state index is 0.139. The summed E-state index contributed by atoms with van der Waals surface area (Å²) >= 11 is 0. The van der Waals surface area contributed by atoms with Crippen LogP contribution in [0.2, 0.25) is 0 Å². The van der Waals surface area contributed by atoms with Gasteiger partial charge in [-0.1, -0.05) is 0 Å². The first-order valence-corrected chi connectivity index (χ1v) is 11.0. The highest BCUT2D eigenvalue weighted by molar-refractivity contribution is 6.15. The van der Waals surface area contributed by atoms with Gasteiger partial charge in [0.2, 0.25) is 5.78 Å². The predicted molar refractivity (Wildman–Crippen MR) is 132 cm³/mol. The van der Waals surface area contributed by atoms with Crippen LogP contribution in [0.15, 0.2) is 72.6 Å². The topological polar surface area (TPSA) is 76.0 Å². The molecule has 0 amide bonds. The summed E-state index contributed by atoms with van der Waals surface area (Å²) in [6, 6.07) is 17.6. The number of ketones is 2. The van der Waals surface area contributed by atoms with E-state index in [9.17, 15) is 9.59 Å². The standard InChI is InChI=1S/C28H23NO6/c1-29-15-18(23-13-20(33-3)9-11-24(23)29)12-27-28(31)22-10-8-21(14-26(22)35-27)34-16-25(30)17-4-6-19(32-2)7-5-17/h4-15H,16H2,1-3H3/b27-12-. The van der Waals surface area contributed by atoms with Crippen LogP contribution in [0.25, 0.3) is 17.0 Å². The number of aryl methyl sites for hydroxylation is 1. The van der Waals surface area contributed by atoms with Gasteiger partial charge in [0.05, 0.1) is 19.8 Å².